The first-order chi connectivity index (χ1) is 9.01. The quantitative estimate of drug-likeness (QED) is 0.696. The summed E-state index contributed by atoms with van der Waals surface area (Å²) in [6.45, 7) is 0.453. The maximum Gasteiger partial charge on any atom is 0.147 e. The lowest BCUT2D eigenvalue weighted by Gasteiger charge is -2.10. The molecule has 2 aromatic carbocycles. The first-order valence-electron chi connectivity index (χ1n) is 5.32. The molecule has 0 fully saturated rings. The molecule has 0 unspecified atom stereocenters. The van der Waals surface area contributed by atoms with Crippen LogP contribution in [0.25, 0.3) is 0 Å². The number of rotatable bonds is 3. The summed E-state index contributed by atoms with van der Waals surface area (Å²) >= 11 is 21.3. The zero-order valence-corrected chi connectivity index (χ0v) is 13.4. The molecule has 2 rings (SSSR count). The first-order valence-corrected chi connectivity index (χ1v) is 7.25. The molecule has 0 spiro atoms. The van der Waals surface area contributed by atoms with Crippen LogP contribution in [0.2, 0.25) is 15.1 Å². The van der Waals surface area contributed by atoms with Crippen LogP contribution in [0.5, 0.6) is 11.5 Å². The van der Waals surface area contributed by atoms with Gasteiger partial charge in [-0.3, -0.25) is 0 Å². The van der Waals surface area contributed by atoms with E-state index in [4.69, 9.17) is 45.3 Å². The maximum atomic E-state index is 6.05. The fraction of sp³-hybridized carbons (Fsp3) is 0.0769. The van der Waals surface area contributed by atoms with Crippen molar-refractivity contribution in [2.75, 3.05) is 0 Å². The van der Waals surface area contributed by atoms with Crippen molar-refractivity contribution in [3.8, 4) is 11.5 Å². The first kappa shape index (κ1) is 14.9. The summed E-state index contributed by atoms with van der Waals surface area (Å²) in [7, 11) is 0. The molecule has 0 radical (unpaired) electrons. The zero-order chi connectivity index (χ0) is 14.0. The van der Waals surface area contributed by atoms with Crippen LogP contribution in [0.1, 0.15) is 5.56 Å². The third-order valence-electron chi connectivity index (χ3n) is 2.45. The molecular weight excluding hydrogens is 372 g/mol. The summed E-state index contributed by atoms with van der Waals surface area (Å²) in [6.07, 6.45) is 0. The highest BCUT2D eigenvalue weighted by Gasteiger charge is 2.09. The Morgan fingerprint density at radius 3 is 2.32 bits per heavy atom. The number of hydrogen-bond donors (Lipinski definition) is 1. The average Bonchev–Trinajstić information content (AvgIpc) is 2.36. The van der Waals surface area contributed by atoms with E-state index in [2.05, 4.69) is 15.9 Å². The van der Waals surface area contributed by atoms with Crippen molar-refractivity contribution in [3.63, 3.8) is 0 Å². The summed E-state index contributed by atoms with van der Waals surface area (Å²) in [5.41, 5.74) is 6.58. The van der Waals surface area contributed by atoms with Gasteiger partial charge in [0.25, 0.3) is 0 Å². The Balaban J connectivity index is 2.31. The van der Waals surface area contributed by atoms with Crippen LogP contribution in [0.15, 0.2) is 34.8 Å². The van der Waals surface area contributed by atoms with Gasteiger partial charge in [-0.2, -0.15) is 0 Å². The van der Waals surface area contributed by atoms with Gasteiger partial charge >= 0.3 is 0 Å². The van der Waals surface area contributed by atoms with E-state index in [1.165, 1.54) is 0 Å². The highest BCUT2D eigenvalue weighted by atomic mass is 79.9. The second-order valence-corrected chi connectivity index (χ2v) is 5.83. The smallest absolute Gasteiger partial charge is 0.147 e. The van der Waals surface area contributed by atoms with Crippen LogP contribution in [-0.2, 0) is 6.54 Å². The van der Waals surface area contributed by atoms with E-state index in [9.17, 15) is 0 Å². The third-order valence-corrected chi connectivity index (χ3v) is 4.20. The largest absolute Gasteiger partial charge is 0.456 e. The molecule has 0 saturated heterocycles. The van der Waals surface area contributed by atoms with Crippen LogP contribution in [0, 0.1) is 0 Å². The molecule has 0 atom stereocenters. The van der Waals surface area contributed by atoms with Gasteiger partial charge in [-0.05, 0) is 23.8 Å². The molecule has 0 aliphatic carbocycles. The lowest BCUT2D eigenvalue weighted by molar-refractivity contribution is 0.482. The van der Waals surface area contributed by atoms with Crippen LogP contribution < -0.4 is 10.5 Å². The van der Waals surface area contributed by atoms with Crippen LogP contribution in [0.3, 0.4) is 0 Å². The minimum Gasteiger partial charge on any atom is -0.456 e. The van der Waals surface area contributed by atoms with Gasteiger partial charge in [0.05, 0.1) is 15.1 Å². The molecule has 2 nitrogen and oxygen atoms in total. The number of nitrogens with two attached hydrogens (primary N) is 1. The Bertz CT molecular complexity index is 619. The Hall–Kier alpha value is -0.450. The van der Waals surface area contributed by atoms with E-state index in [-0.39, 0.29) is 0 Å². The zero-order valence-electron chi connectivity index (χ0n) is 9.59. The predicted molar refractivity (Wildman–Crippen MR) is 83.6 cm³/mol. The minimum absolute atomic E-state index is 0.388. The number of halogens is 4. The van der Waals surface area contributed by atoms with Gasteiger partial charge in [0.15, 0.2) is 0 Å². The van der Waals surface area contributed by atoms with Crippen molar-refractivity contribution >= 4 is 50.7 Å². The lowest BCUT2D eigenvalue weighted by atomic mass is 10.2. The molecule has 0 bridgehead atoms. The van der Waals surface area contributed by atoms with Gasteiger partial charge < -0.3 is 10.5 Å². The maximum absolute atomic E-state index is 6.05. The van der Waals surface area contributed by atoms with Crippen molar-refractivity contribution < 1.29 is 4.74 Å². The van der Waals surface area contributed by atoms with Crippen molar-refractivity contribution in [2.24, 2.45) is 5.73 Å². The summed E-state index contributed by atoms with van der Waals surface area (Å²) < 4.78 is 6.56. The van der Waals surface area contributed by atoms with Gasteiger partial charge in [-0.15, -0.1) is 0 Å². The molecule has 0 amide bonds. The Morgan fingerprint density at radius 1 is 1.00 bits per heavy atom. The molecule has 6 heteroatoms. The number of benzene rings is 2. The predicted octanol–water partition coefficient (Wildman–Crippen LogP) is 5.66. The summed E-state index contributed by atoms with van der Waals surface area (Å²) in [5.74, 6) is 1.08. The van der Waals surface area contributed by atoms with Gasteiger partial charge in [-0.1, -0.05) is 56.8 Å². The van der Waals surface area contributed by atoms with Gasteiger partial charge in [0.1, 0.15) is 11.5 Å². The molecule has 100 valence electrons. The molecule has 0 heterocycles. The number of ether oxygens (including phenoxy) is 1. The minimum atomic E-state index is 0.388. The van der Waals surface area contributed by atoms with Gasteiger partial charge in [-0.25, -0.2) is 0 Å². The molecule has 19 heavy (non-hydrogen) atoms. The molecule has 0 aliphatic heterocycles. The van der Waals surface area contributed by atoms with E-state index in [1.807, 2.05) is 18.2 Å². The van der Waals surface area contributed by atoms with E-state index in [0.717, 1.165) is 10.0 Å². The fourth-order valence-electron chi connectivity index (χ4n) is 1.47. The number of hydrogen-bond acceptors (Lipinski definition) is 2. The molecule has 2 N–H and O–H groups in total. The SMILES string of the molecule is NCc1ccc(Oc2cc(Cl)c(Cl)cc2Cl)cc1Br. The van der Waals surface area contributed by atoms with E-state index < -0.39 is 0 Å². The van der Waals surface area contributed by atoms with Crippen LogP contribution in [-0.4, -0.2) is 0 Å². The second kappa shape index (κ2) is 6.33. The van der Waals surface area contributed by atoms with Crippen molar-refractivity contribution in [1.82, 2.24) is 0 Å². The highest BCUT2D eigenvalue weighted by Crippen LogP contribution is 2.37. The monoisotopic (exact) mass is 379 g/mol. The van der Waals surface area contributed by atoms with Gasteiger partial charge in [0.2, 0.25) is 0 Å². The topological polar surface area (TPSA) is 35.2 Å². The standard InChI is InChI=1S/C13H9BrCl3NO/c14-9-3-8(2-1-7(9)6-18)19-13-5-11(16)10(15)4-12(13)17/h1-5H,6,18H2. The van der Waals surface area contributed by atoms with Crippen LogP contribution in [0.4, 0.5) is 0 Å². The van der Waals surface area contributed by atoms with Gasteiger partial charge in [0, 0.05) is 17.1 Å². The Morgan fingerprint density at radius 2 is 1.68 bits per heavy atom. The fourth-order valence-corrected chi connectivity index (χ4v) is 2.56. The summed E-state index contributed by atoms with van der Waals surface area (Å²) in [4.78, 5) is 0. The lowest BCUT2D eigenvalue weighted by Crippen LogP contribution is -1.97. The summed E-state index contributed by atoms with van der Waals surface area (Å²) in [5, 5.41) is 1.17. The molecule has 2 aromatic rings. The van der Waals surface area contributed by atoms with E-state index in [1.54, 1.807) is 12.1 Å². The average molecular weight is 381 g/mol. The van der Waals surface area contributed by atoms with Crippen molar-refractivity contribution in [1.29, 1.82) is 0 Å². The molecule has 0 saturated carbocycles. The molecule has 0 aromatic heterocycles. The Labute approximate surface area is 134 Å². The van der Waals surface area contributed by atoms with E-state index >= 15 is 0 Å². The summed E-state index contributed by atoms with van der Waals surface area (Å²) in [6, 6.07) is 8.64. The van der Waals surface area contributed by atoms with Crippen LogP contribution >= 0.6 is 50.7 Å². The molecule has 0 aliphatic rings. The third kappa shape index (κ3) is 3.56. The molecular formula is C13H9BrCl3NO. The van der Waals surface area contributed by atoms with Crippen molar-refractivity contribution in [2.45, 2.75) is 6.54 Å². The normalized spacial score (nSPS) is 10.6. The highest BCUT2D eigenvalue weighted by molar-refractivity contribution is 9.10. The Kier molecular flexibility index (Phi) is 4.98. The second-order valence-electron chi connectivity index (χ2n) is 3.76. The van der Waals surface area contributed by atoms with E-state index in [0.29, 0.717) is 33.1 Å². The van der Waals surface area contributed by atoms with Crippen molar-refractivity contribution in [3.05, 3.63) is 55.4 Å².